The minimum Gasteiger partial charge on any atom is -0.333 e. The lowest BCUT2D eigenvalue weighted by atomic mass is 10.1. The molecule has 27 heavy (non-hydrogen) atoms. The molecular formula is C20H14FN3O2S. The molecule has 4 aromatic rings. The average Bonchev–Trinajstić information content (AvgIpc) is 3.34. The van der Waals surface area contributed by atoms with Gasteiger partial charge in [-0.3, -0.25) is 4.79 Å². The molecule has 134 valence electrons. The molecule has 2 heterocycles. The summed E-state index contributed by atoms with van der Waals surface area (Å²) in [6.45, 7) is 1.65. The lowest BCUT2D eigenvalue weighted by Crippen LogP contribution is -2.12. The largest absolute Gasteiger partial charge is 0.333 e. The number of nitrogens with one attached hydrogen (secondary N) is 1. The maximum atomic E-state index is 13.7. The molecule has 7 heteroatoms. The minimum absolute atomic E-state index is 0.241. The first-order valence-corrected chi connectivity index (χ1v) is 9.04. The first kappa shape index (κ1) is 17.1. The SMILES string of the molecule is Cc1ccc(C(=O)Nc2ccsc2-c2nc(-c3ccccc3)no2)cc1F. The summed E-state index contributed by atoms with van der Waals surface area (Å²) >= 11 is 1.37. The Morgan fingerprint density at radius 2 is 1.96 bits per heavy atom. The monoisotopic (exact) mass is 379 g/mol. The van der Waals surface area contributed by atoms with Crippen LogP contribution in [-0.2, 0) is 0 Å². The highest BCUT2D eigenvalue weighted by atomic mass is 32.1. The van der Waals surface area contributed by atoms with Crippen molar-refractivity contribution in [3.63, 3.8) is 0 Å². The molecule has 1 amide bonds. The Bertz CT molecular complexity index is 1110. The number of nitrogens with zero attached hydrogens (tertiary/aromatic N) is 2. The number of halogens is 1. The normalized spacial score (nSPS) is 10.7. The van der Waals surface area contributed by atoms with Crippen LogP contribution in [0.2, 0.25) is 0 Å². The molecule has 0 aliphatic carbocycles. The molecule has 0 saturated heterocycles. The van der Waals surface area contributed by atoms with Gasteiger partial charge in [-0.05, 0) is 36.1 Å². The number of hydrogen-bond acceptors (Lipinski definition) is 5. The van der Waals surface area contributed by atoms with Gasteiger partial charge in [0.15, 0.2) is 0 Å². The molecule has 1 N–H and O–H groups in total. The van der Waals surface area contributed by atoms with E-state index in [1.165, 1.54) is 17.4 Å². The molecular weight excluding hydrogens is 365 g/mol. The summed E-state index contributed by atoms with van der Waals surface area (Å²) in [6, 6.07) is 15.6. The molecule has 2 aromatic heterocycles. The smallest absolute Gasteiger partial charge is 0.270 e. The summed E-state index contributed by atoms with van der Waals surface area (Å²) in [5, 5.41) is 8.59. The predicted octanol–water partition coefficient (Wildman–Crippen LogP) is 5.16. The predicted molar refractivity (Wildman–Crippen MR) is 102 cm³/mol. The Balaban J connectivity index is 1.59. The quantitative estimate of drug-likeness (QED) is 0.531. The number of anilines is 1. The number of aryl methyl sites for hydroxylation is 1. The van der Waals surface area contributed by atoms with E-state index in [1.807, 2.05) is 35.7 Å². The van der Waals surface area contributed by atoms with Gasteiger partial charge in [0.25, 0.3) is 11.8 Å². The van der Waals surface area contributed by atoms with E-state index in [0.717, 1.165) is 5.56 Å². The van der Waals surface area contributed by atoms with E-state index in [1.54, 1.807) is 25.1 Å². The van der Waals surface area contributed by atoms with Crippen LogP contribution in [0.25, 0.3) is 22.2 Å². The maximum absolute atomic E-state index is 13.7. The third-order valence-electron chi connectivity index (χ3n) is 4.00. The highest BCUT2D eigenvalue weighted by Crippen LogP contribution is 2.34. The first-order valence-electron chi connectivity index (χ1n) is 8.16. The molecule has 4 rings (SSSR count). The lowest BCUT2D eigenvalue weighted by Gasteiger charge is -2.05. The third-order valence-corrected chi connectivity index (χ3v) is 4.90. The van der Waals surface area contributed by atoms with Crippen molar-refractivity contribution < 1.29 is 13.7 Å². The van der Waals surface area contributed by atoms with Gasteiger partial charge in [0.1, 0.15) is 10.7 Å². The van der Waals surface area contributed by atoms with E-state index in [-0.39, 0.29) is 5.56 Å². The number of carbonyl (C=O) groups is 1. The van der Waals surface area contributed by atoms with Gasteiger partial charge < -0.3 is 9.84 Å². The zero-order valence-corrected chi connectivity index (χ0v) is 15.1. The Labute approximate surface area is 158 Å². The molecule has 0 radical (unpaired) electrons. The molecule has 0 saturated carbocycles. The van der Waals surface area contributed by atoms with Crippen LogP contribution >= 0.6 is 11.3 Å². The third kappa shape index (κ3) is 3.50. The van der Waals surface area contributed by atoms with Gasteiger partial charge in [-0.25, -0.2) is 4.39 Å². The zero-order valence-electron chi connectivity index (χ0n) is 14.3. The number of rotatable bonds is 4. The van der Waals surface area contributed by atoms with E-state index in [2.05, 4.69) is 15.5 Å². The number of hydrogen-bond donors (Lipinski definition) is 1. The number of aromatic nitrogens is 2. The van der Waals surface area contributed by atoms with Gasteiger partial charge in [-0.1, -0.05) is 41.6 Å². The summed E-state index contributed by atoms with van der Waals surface area (Å²) in [7, 11) is 0. The van der Waals surface area contributed by atoms with Crippen molar-refractivity contribution in [3.05, 3.63) is 76.9 Å². The standard InChI is InChI=1S/C20H14FN3O2S/c1-12-7-8-14(11-15(12)21)19(25)22-16-9-10-27-17(16)20-23-18(24-26-20)13-5-3-2-4-6-13/h2-11H,1H3,(H,22,25). The van der Waals surface area contributed by atoms with Crippen molar-refractivity contribution >= 4 is 22.9 Å². The van der Waals surface area contributed by atoms with E-state index in [4.69, 9.17) is 4.52 Å². The van der Waals surface area contributed by atoms with E-state index >= 15 is 0 Å². The number of benzene rings is 2. The lowest BCUT2D eigenvalue weighted by molar-refractivity contribution is 0.102. The second kappa shape index (κ2) is 7.13. The van der Waals surface area contributed by atoms with Crippen LogP contribution in [0.4, 0.5) is 10.1 Å². The van der Waals surface area contributed by atoms with Gasteiger partial charge in [-0.2, -0.15) is 4.98 Å². The highest BCUT2D eigenvalue weighted by molar-refractivity contribution is 7.14. The molecule has 0 aliphatic heterocycles. The van der Waals surface area contributed by atoms with Crippen molar-refractivity contribution in [2.45, 2.75) is 6.92 Å². The van der Waals surface area contributed by atoms with Crippen molar-refractivity contribution in [3.8, 4) is 22.2 Å². The highest BCUT2D eigenvalue weighted by Gasteiger charge is 2.18. The first-order chi connectivity index (χ1) is 13.1. The topological polar surface area (TPSA) is 68.0 Å². The molecule has 5 nitrogen and oxygen atoms in total. The average molecular weight is 379 g/mol. The van der Waals surface area contributed by atoms with E-state index in [9.17, 15) is 9.18 Å². The Morgan fingerprint density at radius 1 is 1.15 bits per heavy atom. The number of amides is 1. The van der Waals surface area contributed by atoms with Gasteiger partial charge in [0, 0.05) is 11.1 Å². The molecule has 0 aliphatic rings. The molecule has 0 unspecified atom stereocenters. The summed E-state index contributed by atoms with van der Waals surface area (Å²) in [5.41, 5.74) is 2.10. The van der Waals surface area contributed by atoms with Crippen molar-refractivity contribution in [2.24, 2.45) is 0 Å². The van der Waals surface area contributed by atoms with Crippen LogP contribution in [-0.4, -0.2) is 16.0 Å². The molecule has 0 spiro atoms. The van der Waals surface area contributed by atoms with Crippen molar-refractivity contribution in [1.29, 1.82) is 0 Å². The Kier molecular flexibility index (Phi) is 4.52. The van der Waals surface area contributed by atoms with Gasteiger partial charge in [0.05, 0.1) is 5.69 Å². The fourth-order valence-corrected chi connectivity index (χ4v) is 3.29. The number of carbonyl (C=O) groups excluding carboxylic acids is 1. The fourth-order valence-electron chi connectivity index (χ4n) is 2.52. The van der Waals surface area contributed by atoms with Crippen LogP contribution in [0.1, 0.15) is 15.9 Å². The van der Waals surface area contributed by atoms with Crippen LogP contribution in [0, 0.1) is 12.7 Å². The van der Waals surface area contributed by atoms with Crippen LogP contribution in [0.5, 0.6) is 0 Å². The second-order valence-corrected chi connectivity index (χ2v) is 6.79. The molecule has 0 atom stereocenters. The summed E-state index contributed by atoms with van der Waals surface area (Å²) < 4.78 is 19.1. The van der Waals surface area contributed by atoms with E-state index < -0.39 is 11.7 Å². The van der Waals surface area contributed by atoms with Crippen LogP contribution < -0.4 is 5.32 Å². The summed E-state index contributed by atoms with van der Waals surface area (Å²) in [4.78, 5) is 17.5. The number of thiophene rings is 1. The Morgan fingerprint density at radius 3 is 2.74 bits per heavy atom. The van der Waals surface area contributed by atoms with Crippen molar-refractivity contribution in [2.75, 3.05) is 5.32 Å². The van der Waals surface area contributed by atoms with Gasteiger partial charge >= 0.3 is 0 Å². The van der Waals surface area contributed by atoms with Crippen LogP contribution in [0.3, 0.4) is 0 Å². The molecule has 0 bridgehead atoms. The fraction of sp³-hybridized carbons (Fsp3) is 0.0500. The van der Waals surface area contributed by atoms with Crippen LogP contribution in [0.15, 0.2) is 64.5 Å². The zero-order chi connectivity index (χ0) is 18.8. The summed E-state index contributed by atoms with van der Waals surface area (Å²) in [5.74, 6) is -0.0416. The minimum atomic E-state index is -0.419. The van der Waals surface area contributed by atoms with Gasteiger partial charge in [-0.15, -0.1) is 11.3 Å². The summed E-state index contributed by atoms with van der Waals surface area (Å²) in [6.07, 6.45) is 0. The molecule has 2 aromatic carbocycles. The second-order valence-electron chi connectivity index (χ2n) is 5.87. The maximum Gasteiger partial charge on any atom is 0.270 e. The van der Waals surface area contributed by atoms with Gasteiger partial charge in [0.2, 0.25) is 5.82 Å². The molecule has 0 fully saturated rings. The van der Waals surface area contributed by atoms with E-state index in [0.29, 0.717) is 27.8 Å². The Hall–Kier alpha value is -3.32. The van der Waals surface area contributed by atoms with Crippen molar-refractivity contribution in [1.82, 2.24) is 10.1 Å².